The van der Waals surface area contributed by atoms with Crippen LogP contribution in [0.3, 0.4) is 0 Å². The average Bonchev–Trinajstić information content (AvgIpc) is 3.54. The monoisotopic (exact) mass is 618 g/mol. The number of β-lactam (4-membered cyclic amide) rings is 1. The Morgan fingerprint density at radius 2 is 2.17 bits per heavy atom. The van der Waals surface area contributed by atoms with Crippen LogP contribution in [0.1, 0.15) is 5.82 Å². The van der Waals surface area contributed by atoms with E-state index < -0.39 is 35.1 Å². The summed E-state index contributed by atoms with van der Waals surface area (Å²) < 4.78 is 3.95. The first-order chi connectivity index (χ1) is 19.7. The highest BCUT2D eigenvalue weighted by molar-refractivity contribution is 8.05. The van der Waals surface area contributed by atoms with Crippen LogP contribution >= 0.6 is 35.1 Å². The number of aromatic nitrogens is 2. The van der Waals surface area contributed by atoms with Gasteiger partial charge in [-0.3, -0.25) is 24.7 Å². The van der Waals surface area contributed by atoms with Crippen LogP contribution in [0.5, 0.6) is 0 Å². The van der Waals surface area contributed by atoms with Gasteiger partial charge < -0.3 is 31.6 Å². The highest BCUT2D eigenvalue weighted by Gasteiger charge is 2.54. The van der Waals surface area contributed by atoms with E-state index in [2.05, 4.69) is 25.3 Å². The molecule has 0 aliphatic carbocycles. The molecule has 0 spiro atoms. The van der Waals surface area contributed by atoms with Crippen LogP contribution in [0.4, 0.5) is 5.13 Å². The average molecular weight is 619 g/mol. The second kappa shape index (κ2) is 11.6. The minimum absolute atomic E-state index is 0.0430. The lowest BCUT2D eigenvalue weighted by Gasteiger charge is -2.49. The van der Waals surface area contributed by atoms with Crippen molar-refractivity contribution in [3.05, 3.63) is 64.0 Å². The van der Waals surface area contributed by atoms with E-state index in [1.54, 1.807) is 33.8 Å². The van der Waals surface area contributed by atoms with Gasteiger partial charge in [-0.2, -0.15) is 9.36 Å². The molecule has 0 bridgehead atoms. The summed E-state index contributed by atoms with van der Waals surface area (Å²) in [6.07, 6.45) is 8.72. The van der Waals surface area contributed by atoms with Crippen molar-refractivity contribution in [1.29, 1.82) is 0 Å². The lowest BCUT2D eigenvalue weighted by molar-refractivity contribution is -0.150. The number of primary amides is 1. The lowest BCUT2D eigenvalue weighted by Crippen LogP contribution is -2.71. The van der Waals surface area contributed by atoms with Gasteiger partial charge in [0.15, 0.2) is 5.13 Å². The van der Waals surface area contributed by atoms with Crippen LogP contribution < -0.4 is 22.2 Å². The largest absolute Gasteiger partial charge is 0.477 e. The summed E-state index contributed by atoms with van der Waals surface area (Å²) >= 11 is 3.48. The maximum Gasteiger partial charge on any atom is 0.352 e. The molecule has 5 heterocycles. The zero-order chi connectivity index (χ0) is 29.3. The molecule has 0 saturated carbocycles. The molecular weight excluding hydrogens is 597 g/mol. The number of nitrogens with one attached hydrogen (secondary N) is 2. The smallest absolute Gasteiger partial charge is 0.352 e. The molecule has 1 aromatic rings. The van der Waals surface area contributed by atoms with Crippen LogP contribution in [-0.2, 0) is 24.0 Å². The Kier molecular flexibility index (Phi) is 7.90. The van der Waals surface area contributed by atoms with Crippen LogP contribution in [0.25, 0.3) is 0 Å². The molecule has 214 valence electrons. The van der Waals surface area contributed by atoms with Crippen molar-refractivity contribution >= 4 is 69.6 Å². The topological polar surface area (TPSA) is 222 Å². The number of anilines is 1. The number of amides is 3. The lowest BCUT2D eigenvalue weighted by atomic mass is 10.0. The van der Waals surface area contributed by atoms with Crippen LogP contribution in [0.2, 0.25) is 0 Å². The van der Waals surface area contributed by atoms with E-state index in [9.17, 15) is 24.3 Å². The number of nitrogens with two attached hydrogens (primary N) is 2. The Balaban J connectivity index is 1.25. The number of hydrogen-bond donors (Lipinski definition) is 5. The normalized spacial score (nSPS) is 21.6. The van der Waals surface area contributed by atoms with E-state index in [0.717, 1.165) is 27.3 Å². The summed E-state index contributed by atoms with van der Waals surface area (Å²) in [5.41, 5.74) is 14.1. The quantitative estimate of drug-likeness (QED) is 0.123. The molecule has 19 heteroatoms. The number of nitrogens with zero attached hydrogens (tertiary/aromatic N) is 6. The molecule has 4 aliphatic heterocycles. The molecule has 1 fully saturated rings. The van der Waals surface area contributed by atoms with Crippen molar-refractivity contribution in [3.8, 4) is 0 Å². The SMILES string of the molecule is CO/N=C(\C(=O)N[C@@H]1C(=O)N2C(C(=O)O)=C(/C=C/SC3=CC=C4N(CC(N)=O)C=CN4N3)CS[C@@H]12)c1nsc(N)n1. The molecular formula is C22H22N10O6S3. The molecule has 7 N–H and O–H groups in total. The van der Waals surface area contributed by atoms with E-state index in [4.69, 9.17) is 16.3 Å². The van der Waals surface area contributed by atoms with Gasteiger partial charge in [0, 0.05) is 29.7 Å². The molecule has 4 aliphatic rings. The highest BCUT2D eigenvalue weighted by atomic mass is 32.2. The number of hydrazine groups is 1. The van der Waals surface area contributed by atoms with E-state index >= 15 is 0 Å². The molecule has 16 nitrogen and oxygen atoms in total. The number of carbonyl (C=O) groups excluding carboxylic acids is 3. The fourth-order valence-corrected chi connectivity index (χ4v) is 6.59. The van der Waals surface area contributed by atoms with Gasteiger partial charge in [-0.15, -0.1) is 11.8 Å². The number of allylic oxidation sites excluding steroid dienone is 3. The van der Waals surface area contributed by atoms with E-state index in [1.807, 2.05) is 12.2 Å². The van der Waals surface area contributed by atoms with Crippen LogP contribution in [-0.4, -0.2) is 89.5 Å². The van der Waals surface area contributed by atoms with Crippen molar-refractivity contribution in [2.75, 3.05) is 25.1 Å². The van der Waals surface area contributed by atoms with Gasteiger partial charge >= 0.3 is 5.97 Å². The number of hydrogen-bond acceptors (Lipinski definition) is 15. The van der Waals surface area contributed by atoms with E-state index in [0.29, 0.717) is 5.57 Å². The highest BCUT2D eigenvalue weighted by Crippen LogP contribution is 2.41. The maximum absolute atomic E-state index is 13.0. The van der Waals surface area contributed by atoms with Gasteiger partial charge in [-0.25, -0.2) is 9.80 Å². The Morgan fingerprint density at radius 3 is 2.85 bits per heavy atom. The number of aliphatic carboxylic acids is 1. The standard InChI is InChI=1S/C22H22N10O6S3/c1-38-28-14(17-26-22(24)41-29-17)18(34)25-15-19(35)32-16(21(36)37)10(9-40-20(15)32)4-7-39-12-2-3-13-30(8-11(23)33)5-6-31(13)27-12/h2-7,15,20,27H,8-9H2,1H3,(H2,23,33)(H,25,34)(H,36,37)(H2,24,26,29)/b7-4+,28-14-/t15-,20+/m1/s1. The zero-order valence-corrected chi connectivity index (χ0v) is 23.5. The number of carboxylic acids is 1. The third-order valence-electron chi connectivity index (χ3n) is 5.88. The van der Waals surface area contributed by atoms with Crippen molar-refractivity contribution in [2.45, 2.75) is 11.4 Å². The number of carbonyl (C=O) groups is 4. The summed E-state index contributed by atoms with van der Waals surface area (Å²) in [5.74, 6) is -2.10. The van der Waals surface area contributed by atoms with Crippen molar-refractivity contribution in [1.82, 2.24) is 34.9 Å². The second-order valence-electron chi connectivity index (χ2n) is 8.47. The Morgan fingerprint density at radius 1 is 1.37 bits per heavy atom. The van der Waals surface area contributed by atoms with Gasteiger partial charge in [-0.05, 0) is 29.2 Å². The van der Waals surface area contributed by atoms with Gasteiger partial charge in [0.2, 0.25) is 17.4 Å². The number of oxime groups is 1. The Hall–Kier alpha value is -4.49. The van der Waals surface area contributed by atoms with Gasteiger partial charge in [0.1, 0.15) is 36.6 Å². The van der Waals surface area contributed by atoms with Crippen LogP contribution in [0, 0.1) is 0 Å². The minimum Gasteiger partial charge on any atom is -0.477 e. The fraction of sp³-hybridized carbons (Fsp3) is 0.227. The number of carboxylic acid groups (broad SMARTS) is 1. The molecule has 0 aromatic carbocycles. The molecule has 1 aromatic heterocycles. The molecule has 5 rings (SSSR count). The summed E-state index contributed by atoms with van der Waals surface area (Å²) in [6, 6.07) is -0.986. The molecule has 2 atom stereocenters. The first-order valence-electron chi connectivity index (χ1n) is 11.6. The Bertz CT molecular complexity index is 1500. The van der Waals surface area contributed by atoms with Gasteiger partial charge in [0.05, 0.1) is 5.03 Å². The van der Waals surface area contributed by atoms with E-state index in [1.165, 1.54) is 30.6 Å². The molecule has 0 unspecified atom stereocenters. The predicted molar refractivity (Wildman–Crippen MR) is 150 cm³/mol. The minimum atomic E-state index is -1.26. The van der Waals surface area contributed by atoms with Crippen LogP contribution in [0.15, 0.2) is 63.3 Å². The zero-order valence-electron chi connectivity index (χ0n) is 21.1. The molecule has 41 heavy (non-hydrogen) atoms. The summed E-state index contributed by atoms with van der Waals surface area (Å²) in [6.45, 7) is 0.0430. The number of fused-ring (bicyclic) bond motifs is 2. The van der Waals surface area contributed by atoms with Gasteiger partial charge in [0.25, 0.3) is 11.8 Å². The molecule has 0 radical (unpaired) electrons. The third kappa shape index (κ3) is 5.58. The molecule has 1 saturated heterocycles. The number of nitrogen functional groups attached to an aromatic ring is 1. The number of rotatable bonds is 10. The number of thioether (sulfide) groups is 2. The first-order valence-corrected chi connectivity index (χ1v) is 14.3. The molecule has 3 amide bonds. The Labute approximate surface area is 244 Å². The summed E-state index contributed by atoms with van der Waals surface area (Å²) in [5, 5.41) is 19.8. The maximum atomic E-state index is 13.0. The summed E-state index contributed by atoms with van der Waals surface area (Å²) in [4.78, 5) is 60.8. The predicted octanol–water partition coefficient (Wildman–Crippen LogP) is -0.769. The third-order valence-corrected chi connectivity index (χ3v) is 8.48. The van der Waals surface area contributed by atoms with Gasteiger partial charge in [-0.1, -0.05) is 16.9 Å². The van der Waals surface area contributed by atoms with Crippen molar-refractivity contribution in [2.24, 2.45) is 10.9 Å². The second-order valence-corrected chi connectivity index (χ2v) is 11.3. The van der Waals surface area contributed by atoms with E-state index in [-0.39, 0.29) is 34.7 Å². The van der Waals surface area contributed by atoms with Crippen molar-refractivity contribution in [3.63, 3.8) is 0 Å². The fourth-order valence-electron chi connectivity index (χ4n) is 4.16. The van der Waals surface area contributed by atoms with Crippen molar-refractivity contribution < 1.29 is 29.1 Å². The first kappa shape index (κ1) is 28.1. The summed E-state index contributed by atoms with van der Waals surface area (Å²) in [7, 11) is 1.24.